The van der Waals surface area contributed by atoms with Crippen molar-refractivity contribution in [3.63, 3.8) is 0 Å². The van der Waals surface area contributed by atoms with Gasteiger partial charge in [0.15, 0.2) is 11.8 Å². The molecule has 0 saturated heterocycles. The Morgan fingerprint density at radius 1 is 1.03 bits per heavy atom. The van der Waals surface area contributed by atoms with Crippen LogP contribution in [0.5, 0.6) is 11.5 Å². The summed E-state index contributed by atoms with van der Waals surface area (Å²) < 4.78 is 12.9. The van der Waals surface area contributed by atoms with Gasteiger partial charge in [0.1, 0.15) is 17.3 Å². The van der Waals surface area contributed by atoms with Gasteiger partial charge in [0, 0.05) is 19.2 Å². The number of hydrogen-bond donors (Lipinski definition) is 2. The zero-order chi connectivity index (χ0) is 22.1. The Bertz CT molecular complexity index is 1000. The Kier molecular flexibility index (Phi) is 10.3. The van der Waals surface area contributed by atoms with Crippen molar-refractivity contribution in [1.82, 2.24) is 25.4 Å². The summed E-state index contributed by atoms with van der Waals surface area (Å²) in [5.41, 5.74) is 2.16. The highest BCUT2D eigenvalue weighted by atomic mass is 127. The Balaban J connectivity index is 0.00000363. The Hall–Kier alpha value is -2.82. The fraction of sp³-hybridized carbons (Fsp3) is 0.348. The van der Waals surface area contributed by atoms with Crippen LogP contribution < -0.4 is 20.1 Å². The number of nitrogens with zero attached hydrogens (tertiary/aromatic N) is 4. The van der Waals surface area contributed by atoms with Gasteiger partial charge in [0.05, 0.1) is 26.8 Å². The van der Waals surface area contributed by atoms with Crippen LogP contribution in [-0.2, 0) is 26.7 Å². The fourth-order valence-electron chi connectivity index (χ4n) is 2.97. The highest BCUT2D eigenvalue weighted by Crippen LogP contribution is 2.17. The normalized spacial score (nSPS) is 10.9. The third-order valence-corrected chi connectivity index (χ3v) is 4.89. The van der Waals surface area contributed by atoms with E-state index in [1.54, 1.807) is 7.11 Å². The second-order valence-electron chi connectivity index (χ2n) is 6.98. The second kappa shape index (κ2) is 12.9. The van der Waals surface area contributed by atoms with Gasteiger partial charge in [-0.2, -0.15) is 0 Å². The molecule has 3 aromatic rings. The predicted molar refractivity (Wildman–Crippen MR) is 137 cm³/mol. The van der Waals surface area contributed by atoms with Crippen LogP contribution in [0.4, 0.5) is 0 Å². The first-order valence-corrected chi connectivity index (χ1v) is 10.3. The number of methoxy groups -OCH3 is 1. The summed E-state index contributed by atoms with van der Waals surface area (Å²) >= 11 is 0. The Morgan fingerprint density at radius 2 is 1.75 bits per heavy atom. The standard InChI is InChI=1S/C23H30N6O2.HI/c1-5-31-21-9-7-6-8-19(21)15-25-23(26-16-22-28-27-17(2)29(22)3)24-14-18-10-12-20(30-4)13-11-18;/h6-13H,5,14-16H2,1-4H3,(H2,24,25,26);1H. The summed E-state index contributed by atoms with van der Waals surface area (Å²) in [6.45, 7) is 6.17. The molecule has 0 amide bonds. The number of ether oxygens (including phenoxy) is 2. The molecular formula is C23H31IN6O2. The summed E-state index contributed by atoms with van der Waals surface area (Å²) in [7, 11) is 3.61. The van der Waals surface area contributed by atoms with Gasteiger partial charge in [-0.1, -0.05) is 30.3 Å². The summed E-state index contributed by atoms with van der Waals surface area (Å²) in [5, 5.41) is 15.1. The minimum absolute atomic E-state index is 0. The molecule has 0 fully saturated rings. The third kappa shape index (κ3) is 7.11. The van der Waals surface area contributed by atoms with Crippen molar-refractivity contribution >= 4 is 29.9 Å². The average molecular weight is 550 g/mol. The Morgan fingerprint density at radius 3 is 2.41 bits per heavy atom. The van der Waals surface area contributed by atoms with E-state index < -0.39 is 0 Å². The first-order chi connectivity index (χ1) is 15.1. The molecule has 0 aliphatic rings. The van der Waals surface area contributed by atoms with Crippen LogP contribution in [0.25, 0.3) is 0 Å². The number of aliphatic imine (C=N–C) groups is 1. The lowest BCUT2D eigenvalue weighted by Gasteiger charge is -2.15. The molecule has 0 radical (unpaired) electrons. The summed E-state index contributed by atoms with van der Waals surface area (Å²) in [4.78, 5) is 4.75. The van der Waals surface area contributed by atoms with Crippen LogP contribution in [0.2, 0.25) is 0 Å². The second-order valence-corrected chi connectivity index (χ2v) is 6.98. The lowest BCUT2D eigenvalue weighted by molar-refractivity contribution is 0.336. The van der Waals surface area contributed by atoms with Gasteiger partial charge in [-0.15, -0.1) is 34.2 Å². The molecule has 2 N–H and O–H groups in total. The molecule has 0 aliphatic carbocycles. The maximum absolute atomic E-state index is 5.73. The van der Waals surface area contributed by atoms with Crippen LogP contribution >= 0.6 is 24.0 Å². The van der Waals surface area contributed by atoms with Crippen LogP contribution in [0, 0.1) is 6.92 Å². The minimum atomic E-state index is 0. The number of nitrogens with one attached hydrogen (secondary N) is 2. The number of guanidine groups is 1. The van der Waals surface area contributed by atoms with E-state index in [-0.39, 0.29) is 24.0 Å². The number of hydrogen-bond acceptors (Lipinski definition) is 5. The van der Waals surface area contributed by atoms with E-state index in [4.69, 9.17) is 14.5 Å². The fourth-order valence-corrected chi connectivity index (χ4v) is 2.97. The highest BCUT2D eigenvalue weighted by molar-refractivity contribution is 14.0. The SMILES string of the molecule is CCOc1ccccc1CNC(=NCc1ccc(OC)cc1)NCc1nnc(C)n1C.I. The molecule has 32 heavy (non-hydrogen) atoms. The van der Waals surface area contributed by atoms with E-state index in [2.05, 4.69) is 20.8 Å². The largest absolute Gasteiger partial charge is 0.497 e. The monoisotopic (exact) mass is 550 g/mol. The Labute approximate surface area is 206 Å². The molecule has 2 aromatic carbocycles. The van der Waals surface area contributed by atoms with E-state index in [9.17, 15) is 0 Å². The van der Waals surface area contributed by atoms with Gasteiger partial charge in [-0.25, -0.2) is 4.99 Å². The lowest BCUT2D eigenvalue weighted by Crippen LogP contribution is -2.37. The number of aryl methyl sites for hydroxylation is 1. The molecule has 0 aliphatic heterocycles. The van der Waals surface area contributed by atoms with Gasteiger partial charge in [-0.3, -0.25) is 0 Å². The maximum Gasteiger partial charge on any atom is 0.192 e. The average Bonchev–Trinajstić information content (AvgIpc) is 3.12. The van der Waals surface area contributed by atoms with Crippen molar-refractivity contribution in [2.45, 2.75) is 33.5 Å². The van der Waals surface area contributed by atoms with Gasteiger partial charge >= 0.3 is 0 Å². The predicted octanol–water partition coefficient (Wildman–Crippen LogP) is 3.58. The highest BCUT2D eigenvalue weighted by Gasteiger charge is 2.08. The summed E-state index contributed by atoms with van der Waals surface area (Å²) in [6.07, 6.45) is 0. The number of halogens is 1. The zero-order valence-electron chi connectivity index (χ0n) is 19.0. The van der Waals surface area contributed by atoms with Gasteiger partial charge in [-0.05, 0) is 37.6 Å². The van der Waals surface area contributed by atoms with Crippen LogP contribution in [0.1, 0.15) is 29.7 Å². The quantitative estimate of drug-likeness (QED) is 0.241. The topological polar surface area (TPSA) is 85.6 Å². The van der Waals surface area contributed by atoms with Crippen molar-refractivity contribution < 1.29 is 9.47 Å². The van der Waals surface area contributed by atoms with Gasteiger partial charge < -0.3 is 24.7 Å². The molecule has 1 heterocycles. The summed E-state index contributed by atoms with van der Waals surface area (Å²) in [6, 6.07) is 15.9. The van der Waals surface area contributed by atoms with E-state index in [1.807, 2.05) is 74.0 Å². The van der Waals surface area contributed by atoms with Crippen molar-refractivity contribution in [3.05, 3.63) is 71.3 Å². The minimum Gasteiger partial charge on any atom is -0.497 e. The first-order valence-electron chi connectivity index (χ1n) is 10.3. The molecule has 9 heteroatoms. The van der Waals surface area contributed by atoms with E-state index in [1.165, 1.54) is 0 Å². The van der Waals surface area contributed by atoms with E-state index in [0.29, 0.717) is 32.2 Å². The molecule has 0 atom stereocenters. The van der Waals surface area contributed by atoms with Crippen LogP contribution in [0.3, 0.4) is 0 Å². The van der Waals surface area contributed by atoms with E-state index in [0.717, 1.165) is 34.3 Å². The number of benzene rings is 2. The van der Waals surface area contributed by atoms with Crippen LogP contribution in [0.15, 0.2) is 53.5 Å². The molecule has 172 valence electrons. The molecule has 0 bridgehead atoms. The molecule has 1 aromatic heterocycles. The molecule has 0 saturated carbocycles. The van der Waals surface area contributed by atoms with Crippen molar-refractivity contribution in [2.24, 2.45) is 12.0 Å². The van der Waals surface area contributed by atoms with E-state index >= 15 is 0 Å². The van der Waals surface area contributed by atoms with Crippen molar-refractivity contribution in [2.75, 3.05) is 13.7 Å². The first kappa shape index (κ1) is 25.4. The molecule has 0 unspecified atom stereocenters. The zero-order valence-corrected chi connectivity index (χ0v) is 21.3. The molecule has 3 rings (SSSR count). The van der Waals surface area contributed by atoms with Gasteiger partial charge in [0.2, 0.25) is 0 Å². The third-order valence-electron chi connectivity index (χ3n) is 4.89. The number of rotatable bonds is 9. The molecular weight excluding hydrogens is 519 g/mol. The van der Waals surface area contributed by atoms with Crippen molar-refractivity contribution in [3.8, 4) is 11.5 Å². The number of aromatic nitrogens is 3. The summed E-state index contributed by atoms with van der Waals surface area (Å²) in [5.74, 6) is 4.09. The number of para-hydroxylation sites is 1. The van der Waals surface area contributed by atoms with Crippen LogP contribution in [-0.4, -0.2) is 34.4 Å². The van der Waals surface area contributed by atoms with Gasteiger partial charge in [0.25, 0.3) is 0 Å². The van der Waals surface area contributed by atoms with Crippen molar-refractivity contribution in [1.29, 1.82) is 0 Å². The molecule has 0 spiro atoms. The lowest BCUT2D eigenvalue weighted by atomic mass is 10.2. The molecule has 8 nitrogen and oxygen atoms in total. The smallest absolute Gasteiger partial charge is 0.192 e. The maximum atomic E-state index is 5.73.